The highest BCUT2D eigenvalue weighted by atomic mass is 127. The van der Waals surface area contributed by atoms with Crippen molar-refractivity contribution < 1.29 is 4.79 Å². The normalized spacial score (nSPS) is 11.3. The summed E-state index contributed by atoms with van der Waals surface area (Å²) in [6.45, 7) is 3.95. The number of alkyl halides is 1. The van der Waals surface area contributed by atoms with E-state index in [1.54, 1.807) is 0 Å². The molecule has 16 heavy (non-hydrogen) atoms. The molecule has 1 N–H and O–H groups in total. The van der Waals surface area contributed by atoms with Crippen LogP contribution in [-0.4, -0.2) is 16.8 Å². The van der Waals surface area contributed by atoms with Gasteiger partial charge < -0.3 is 5.32 Å². The summed E-state index contributed by atoms with van der Waals surface area (Å²) < 4.78 is 1.86. The van der Waals surface area contributed by atoms with E-state index >= 15 is 0 Å². The average Bonchev–Trinajstić information content (AvgIpc) is 2.21. The third kappa shape index (κ3) is 4.00. The molecule has 5 heteroatoms. The second-order valence-corrected chi connectivity index (χ2v) is 6.76. The number of hydrogen-bond donors (Lipinski definition) is 1. The largest absolute Gasteiger partial charge is 0.346 e. The van der Waals surface area contributed by atoms with Crippen LogP contribution < -0.4 is 5.32 Å². The van der Waals surface area contributed by atoms with Gasteiger partial charge in [-0.2, -0.15) is 0 Å². The van der Waals surface area contributed by atoms with Crippen molar-refractivity contribution >= 4 is 60.4 Å². The van der Waals surface area contributed by atoms with Gasteiger partial charge in [-0.25, -0.2) is 0 Å². The van der Waals surface area contributed by atoms with Crippen LogP contribution in [0.25, 0.3) is 0 Å². The van der Waals surface area contributed by atoms with Gasteiger partial charge in [0.1, 0.15) is 0 Å². The van der Waals surface area contributed by atoms with Gasteiger partial charge in [0.2, 0.25) is 0 Å². The number of carbonyl (C=O) groups excluding carboxylic acids is 1. The highest BCUT2D eigenvalue weighted by Gasteiger charge is 2.20. The van der Waals surface area contributed by atoms with E-state index in [0.717, 1.165) is 8.04 Å². The molecule has 0 heterocycles. The number of halogens is 3. The summed E-state index contributed by atoms with van der Waals surface area (Å²) in [4.78, 5) is 12.0. The van der Waals surface area contributed by atoms with E-state index in [9.17, 15) is 4.79 Å². The lowest BCUT2D eigenvalue weighted by molar-refractivity contribution is 0.0920. The van der Waals surface area contributed by atoms with E-state index in [-0.39, 0.29) is 11.4 Å². The molecule has 0 saturated carbocycles. The molecule has 0 aliphatic rings. The minimum atomic E-state index is -0.252. The molecule has 0 aromatic heterocycles. The molecule has 88 valence electrons. The Morgan fingerprint density at radius 1 is 1.50 bits per heavy atom. The molecule has 0 aliphatic carbocycles. The fourth-order valence-electron chi connectivity index (χ4n) is 1.08. The van der Waals surface area contributed by atoms with Crippen molar-refractivity contribution in [3.8, 4) is 0 Å². The predicted octanol–water partition coefficient (Wildman–Crippen LogP) is 3.96. The Morgan fingerprint density at radius 2 is 2.12 bits per heavy atom. The molecule has 2 nitrogen and oxygen atoms in total. The first-order chi connectivity index (χ1) is 7.35. The molecule has 0 saturated heterocycles. The van der Waals surface area contributed by atoms with Crippen molar-refractivity contribution in [1.29, 1.82) is 0 Å². The van der Waals surface area contributed by atoms with Crippen LogP contribution in [0, 0.1) is 3.57 Å². The van der Waals surface area contributed by atoms with Gasteiger partial charge in [0.25, 0.3) is 5.91 Å². The predicted molar refractivity (Wildman–Crippen MR) is 82.2 cm³/mol. The zero-order valence-electron chi connectivity index (χ0n) is 8.98. The maximum atomic E-state index is 12.0. The zero-order valence-corrected chi connectivity index (χ0v) is 14.3. The van der Waals surface area contributed by atoms with Crippen molar-refractivity contribution in [2.75, 3.05) is 5.33 Å². The molecule has 0 fully saturated rings. The Morgan fingerprint density at radius 3 is 2.69 bits per heavy atom. The lowest BCUT2D eigenvalue weighted by atomic mass is 10.1. The van der Waals surface area contributed by atoms with Gasteiger partial charge >= 0.3 is 0 Å². The third-order valence-corrected chi connectivity index (χ3v) is 4.72. The second-order valence-electron chi connectivity index (χ2n) is 4.10. The molecule has 1 amide bonds. The molecular weight excluding hydrogens is 449 g/mol. The fraction of sp³-hybridized carbons (Fsp3) is 0.364. The highest BCUT2D eigenvalue weighted by Crippen LogP contribution is 2.20. The van der Waals surface area contributed by atoms with Gasteiger partial charge in [0.05, 0.1) is 5.56 Å². The van der Waals surface area contributed by atoms with Gasteiger partial charge in [-0.15, -0.1) is 0 Å². The van der Waals surface area contributed by atoms with Crippen LogP contribution in [0.2, 0.25) is 0 Å². The van der Waals surface area contributed by atoms with Crippen LogP contribution in [0.15, 0.2) is 22.7 Å². The Kier molecular flexibility index (Phi) is 5.25. The van der Waals surface area contributed by atoms with Crippen LogP contribution in [0.5, 0.6) is 0 Å². The Balaban J connectivity index is 2.93. The monoisotopic (exact) mass is 459 g/mol. The number of nitrogens with one attached hydrogen (secondary N) is 1. The van der Waals surface area contributed by atoms with Gasteiger partial charge in [0.15, 0.2) is 0 Å². The van der Waals surface area contributed by atoms with Gasteiger partial charge in [-0.05, 0) is 70.6 Å². The maximum Gasteiger partial charge on any atom is 0.252 e. The summed E-state index contributed by atoms with van der Waals surface area (Å²) >= 11 is 8.95. The Hall–Kier alpha value is 0.380. The number of carbonyl (C=O) groups is 1. The summed E-state index contributed by atoms with van der Waals surface area (Å²) in [5, 5.41) is 3.69. The molecule has 1 aromatic carbocycles. The van der Waals surface area contributed by atoms with Gasteiger partial charge in [0, 0.05) is 18.9 Å². The van der Waals surface area contributed by atoms with Gasteiger partial charge in [-0.1, -0.05) is 15.9 Å². The first kappa shape index (κ1) is 14.4. The standard InChI is InChI=1S/C11H12Br2INO/c1-11(2,6-12)15-10(16)8-5-7(14)3-4-9(8)13/h3-5H,6H2,1-2H3,(H,15,16). The number of rotatable bonds is 3. The first-order valence-electron chi connectivity index (χ1n) is 4.69. The molecule has 0 aliphatic heterocycles. The van der Waals surface area contributed by atoms with Crippen molar-refractivity contribution in [3.63, 3.8) is 0 Å². The van der Waals surface area contributed by atoms with E-state index in [1.165, 1.54) is 0 Å². The van der Waals surface area contributed by atoms with Crippen LogP contribution in [0.1, 0.15) is 24.2 Å². The summed E-state index contributed by atoms with van der Waals surface area (Å²) in [6.07, 6.45) is 0. The fourth-order valence-corrected chi connectivity index (χ4v) is 2.14. The molecule has 0 bridgehead atoms. The SMILES string of the molecule is CC(C)(CBr)NC(=O)c1cc(I)ccc1Br. The van der Waals surface area contributed by atoms with Crippen LogP contribution in [-0.2, 0) is 0 Å². The minimum absolute atomic E-state index is 0.0603. The number of hydrogen-bond acceptors (Lipinski definition) is 1. The van der Waals surface area contributed by atoms with Crippen LogP contribution in [0.3, 0.4) is 0 Å². The zero-order chi connectivity index (χ0) is 12.3. The van der Waals surface area contributed by atoms with E-state index in [4.69, 9.17) is 0 Å². The molecular formula is C11H12Br2INO. The van der Waals surface area contributed by atoms with Crippen LogP contribution >= 0.6 is 54.5 Å². The van der Waals surface area contributed by atoms with E-state index < -0.39 is 0 Å². The topological polar surface area (TPSA) is 29.1 Å². The van der Waals surface area contributed by atoms with Crippen molar-refractivity contribution in [2.45, 2.75) is 19.4 Å². The minimum Gasteiger partial charge on any atom is -0.346 e. The lowest BCUT2D eigenvalue weighted by Gasteiger charge is -2.23. The highest BCUT2D eigenvalue weighted by molar-refractivity contribution is 14.1. The molecule has 0 atom stereocenters. The van der Waals surface area contributed by atoms with E-state index in [2.05, 4.69) is 59.8 Å². The average molecular weight is 461 g/mol. The third-order valence-electron chi connectivity index (χ3n) is 1.96. The Labute approximate surface area is 126 Å². The molecule has 0 spiro atoms. The maximum absolute atomic E-state index is 12.0. The summed E-state index contributed by atoms with van der Waals surface area (Å²) in [5.41, 5.74) is 0.415. The second kappa shape index (κ2) is 5.82. The summed E-state index contributed by atoms with van der Waals surface area (Å²) in [7, 11) is 0. The molecule has 0 radical (unpaired) electrons. The molecule has 1 rings (SSSR count). The molecule has 0 unspecified atom stereocenters. The van der Waals surface area contributed by atoms with E-state index in [0.29, 0.717) is 10.9 Å². The summed E-state index contributed by atoms with van der Waals surface area (Å²) in [6, 6.07) is 5.71. The number of amides is 1. The van der Waals surface area contributed by atoms with E-state index in [1.807, 2.05) is 32.0 Å². The first-order valence-corrected chi connectivity index (χ1v) is 7.68. The lowest BCUT2D eigenvalue weighted by Crippen LogP contribution is -2.44. The molecule has 1 aromatic rings. The smallest absolute Gasteiger partial charge is 0.252 e. The van der Waals surface area contributed by atoms with Crippen molar-refractivity contribution in [2.24, 2.45) is 0 Å². The summed E-state index contributed by atoms with van der Waals surface area (Å²) in [5.74, 6) is -0.0603. The Bertz CT molecular complexity index is 407. The van der Waals surface area contributed by atoms with Crippen molar-refractivity contribution in [3.05, 3.63) is 31.8 Å². The quantitative estimate of drug-likeness (QED) is 0.537. The van der Waals surface area contributed by atoms with Crippen molar-refractivity contribution in [1.82, 2.24) is 5.32 Å². The number of benzene rings is 1. The van der Waals surface area contributed by atoms with Gasteiger partial charge in [-0.3, -0.25) is 4.79 Å². The van der Waals surface area contributed by atoms with Crippen LogP contribution in [0.4, 0.5) is 0 Å².